The normalized spacial score (nSPS) is 11.0. The number of halogens is 1. The molecule has 0 aliphatic rings. The van der Waals surface area contributed by atoms with E-state index in [-0.39, 0.29) is 38.7 Å². The van der Waals surface area contributed by atoms with Crippen LogP contribution in [0.4, 0.5) is 10.1 Å². The van der Waals surface area contributed by atoms with E-state index in [4.69, 9.17) is 24.4 Å². The van der Waals surface area contributed by atoms with Crippen LogP contribution >= 0.6 is 0 Å². The molecule has 4 aromatic rings. The Bertz CT molecular complexity index is 1500. The summed E-state index contributed by atoms with van der Waals surface area (Å²) in [6, 6.07) is 15.7. The molecule has 0 fully saturated rings. The van der Waals surface area contributed by atoms with Crippen molar-refractivity contribution in [2.75, 3.05) is 19.0 Å². The third-order valence-corrected chi connectivity index (χ3v) is 6.02. The van der Waals surface area contributed by atoms with Crippen molar-refractivity contribution in [2.45, 2.75) is 40.0 Å². The molecular formula is C30H31FN2O6. The van der Waals surface area contributed by atoms with Crippen LogP contribution in [0.5, 0.6) is 5.75 Å². The van der Waals surface area contributed by atoms with Gasteiger partial charge in [-0.15, -0.1) is 0 Å². The Morgan fingerprint density at radius 2 is 1.85 bits per heavy atom. The van der Waals surface area contributed by atoms with Crippen LogP contribution in [-0.4, -0.2) is 25.6 Å². The van der Waals surface area contributed by atoms with E-state index in [1.54, 1.807) is 50.4 Å². The summed E-state index contributed by atoms with van der Waals surface area (Å²) in [6.07, 6.45) is 0.00695. The zero-order chi connectivity index (χ0) is 27.9. The number of esters is 1. The molecule has 4 rings (SSSR count). The number of nitrogens with one attached hydrogen (secondary N) is 1. The second-order valence-corrected chi connectivity index (χ2v) is 8.96. The van der Waals surface area contributed by atoms with Crippen molar-refractivity contribution < 1.29 is 32.6 Å². The van der Waals surface area contributed by atoms with E-state index >= 15 is 4.39 Å². The fourth-order valence-corrected chi connectivity index (χ4v) is 4.36. The Morgan fingerprint density at radius 3 is 2.56 bits per heavy atom. The molecule has 0 bridgehead atoms. The number of rotatable bonds is 11. The van der Waals surface area contributed by atoms with Crippen LogP contribution in [0, 0.1) is 5.82 Å². The maximum absolute atomic E-state index is 15.4. The molecule has 0 aliphatic carbocycles. The monoisotopic (exact) mass is 534 g/mol. The van der Waals surface area contributed by atoms with Gasteiger partial charge in [0.1, 0.15) is 36.1 Å². The van der Waals surface area contributed by atoms with Crippen molar-refractivity contribution in [3.05, 3.63) is 82.9 Å². The van der Waals surface area contributed by atoms with Gasteiger partial charge in [-0.05, 0) is 36.8 Å². The lowest BCUT2D eigenvalue weighted by molar-refractivity contribution is -0.142. The molecule has 0 aliphatic heterocycles. The number of hydrogen-bond donors (Lipinski definition) is 2. The summed E-state index contributed by atoms with van der Waals surface area (Å²) in [5.74, 6) is -0.0225. The summed E-state index contributed by atoms with van der Waals surface area (Å²) in [5, 5.41) is 3.48. The summed E-state index contributed by atoms with van der Waals surface area (Å²) in [6.45, 7) is 3.84. The van der Waals surface area contributed by atoms with E-state index in [1.807, 2.05) is 18.2 Å². The van der Waals surface area contributed by atoms with E-state index in [1.165, 1.54) is 6.92 Å². The Labute approximate surface area is 225 Å². The van der Waals surface area contributed by atoms with Gasteiger partial charge in [0.25, 0.3) is 0 Å². The molecule has 1 heterocycles. The first-order chi connectivity index (χ1) is 18.8. The molecule has 1 amide bonds. The lowest BCUT2D eigenvalue weighted by atomic mass is 9.98. The van der Waals surface area contributed by atoms with Crippen LogP contribution < -0.4 is 15.8 Å². The zero-order valence-electron chi connectivity index (χ0n) is 22.1. The molecular weight excluding hydrogens is 503 g/mol. The topological polar surface area (TPSA) is 113 Å². The molecule has 39 heavy (non-hydrogen) atoms. The molecule has 0 atom stereocenters. The van der Waals surface area contributed by atoms with E-state index in [9.17, 15) is 9.59 Å². The molecule has 0 saturated carbocycles. The lowest BCUT2D eigenvalue weighted by Crippen LogP contribution is -2.10. The average Bonchev–Trinajstić information content (AvgIpc) is 3.31. The number of fused-ring (bicyclic) bond motifs is 1. The SMILES string of the molecule is CCOC(=O)Cc1ccc(NC(C)=O)cc1OCc1cc(-c2cccc(CN)c2F)c2oc(COC)cc2c1. The maximum Gasteiger partial charge on any atom is 0.310 e. The molecule has 8 nitrogen and oxygen atoms in total. The quantitative estimate of drug-likeness (QED) is 0.245. The number of carbonyl (C=O) groups is 2. The summed E-state index contributed by atoms with van der Waals surface area (Å²) in [7, 11) is 1.57. The summed E-state index contributed by atoms with van der Waals surface area (Å²) in [4.78, 5) is 23.8. The van der Waals surface area contributed by atoms with E-state index in [0.717, 1.165) is 10.9 Å². The molecule has 1 aromatic heterocycles. The fraction of sp³-hybridized carbons (Fsp3) is 0.267. The minimum Gasteiger partial charge on any atom is -0.489 e. The van der Waals surface area contributed by atoms with E-state index in [2.05, 4.69) is 5.32 Å². The largest absolute Gasteiger partial charge is 0.489 e. The number of benzene rings is 3. The molecule has 204 valence electrons. The van der Waals surface area contributed by atoms with Gasteiger partial charge in [-0.3, -0.25) is 9.59 Å². The maximum atomic E-state index is 15.4. The smallest absolute Gasteiger partial charge is 0.310 e. The van der Waals surface area contributed by atoms with E-state index in [0.29, 0.717) is 45.0 Å². The predicted molar refractivity (Wildman–Crippen MR) is 146 cm³/mol. The number of amides is 1. The molecule has 0 unspecified atom stereocenters. The van der Waals surface area contributed by atoms with Crippen molar-refractivity contribution in [3.8, 4) is 16.9 Å². The highest BCUT2D eigenvalue weighted by Crippen LogP contribution is 2.36. The van der Waals surface area contributed by atoms with Crippen LogP contribution in [0.15, 0.2) is 59.0 Å². The molecule has 0 saturated heterocycles. The van der Waals surface area contributed by atoms with Gasteiger partial charge in [0.2, 0.25) is 5.91 Å². The first kappa shape index (κ1) is 27.8. The number of carbonyl (C=O) groups excluding carboxylic acids is 2. The van der Waals surface area contributed by atoms with Crippen molar-refractivity contribution in [2.24, 2.45) is 5.73 Å². The van der Waals surface area contributed by atoms with Crippen LogP contribution in [0.3, 0.4) is 0 Å². The average molecular weight is 535 g/mol. The summed E-state index contributed by atoms with van der Waals surface area (Å²) >= 11 is 0. The first-order valence-corrected chi connectivity index (χ1v) is 12.5. The van der Waals surface area contributed by atoms with Gasteiger partial charge in [0.05, 0.1) is 13.0 Å². The molecule has 9 heteroatoms. The Balaban J connectivity index is 1.73. The van der Waals surface area contributed by atoms with Gasteiger partial charge in [0, 0.05) is 60.0 Å². The molecule has 3 aromatic carbocycles. The second kappa shape index (κ2) is 12.6. The highest BCUT2D eigenvalue weighted by Gasteiger charge is 2.18. The van der Waals surface area contributed by atoms with Gasteiger partial charge in [0.15, 0.2) is 0 Å². The van der Waals surface area contributed by atoms with Gasteiger partial charge < -0.3 is 29.7 Å². The fourth-order valence-electron chi connectivity index (χ4n) is 4.36. The third-order valence-electron chi connectivity index (χ3n) is 6.02. The van der Waals surface area contributed by atoms with Crippen LogP contribution in [-0.2, 0) is 45.2 Å². The molecule has 0 spiro atoms. The summed E-state index contributed by atoms with van der Waals surface area (Å²) in [5.41, 5.74) is 9.46. The predicted octanol–water partition coefficient (Wildman–Crippen LogP) is 5.49. The van der Waals surface area contributed by atoms with Gasteiger partial charge in [-0.2, -0.15) is 0 Å². The minimum absolute atomic E-state index is 0.00695. The van der Waals surface area contributed by atoms with Crippen molar-refractivity contribution in [3.63, 3.8) is 0 Å². The number of furan rings is 1. The number of hydrogen-bond acceptors (Lipinski definition) is 7. The van der Waals surface area contributed by atoms with Gasteiger partial charge in [-0.1, -0.05) is 24.3 Å². The first-order valence-electron chi connectivity index (χ1n) is 12.5. The Morgan fingerprint density at radius 1 is 1.03 bits per heavy atom. The van der Waals surface area contributed by atoms with Crippen LogP contribution in [0.1, 0.15) is 36.3 Å². The Hall–Kier alpha value is -4.21. The summed E-state index contributed by atoms with van der Waals surface area (Å²) < 4.78 is 37.9. The number of ether oxygens (including phenoxy) is 3. The number of nitrogens with two attached hydrogens (primary N) is 1. The number of methoxy groups -OCH3 is 1. The second-order valence-electron chi connectivity index (χ2n) is 8.96. The Kier molecular flexibility index (Phi) is 8.96. The standard InChI is InChI=1S/C30H31FN2O6/c1-4-37-28(35)13-20-8-9-23(33-18(2)34)14-27(20)38-16-19-10-22-12-24(17-36-3)39-30(22)26(11-19)25-7-5-6-21(15-32)29(25)31/h5-12,14H,4,13,15-17,32H2,1-3H3,(H,33,34). The van der Waals surface area contributed by atoms with Crippen molar-refractivity contribution in [1.82, 2.24) is 0 Å². The van der Waals surface area contributed by atoms with Gasteiger partial charge >= 0.3 is 5.97 Å². The lowest BCUT2D eigenvalue weighted by Gasteiger charge is -2.15. The molecule has 3 N–H and O–H groups in total. The highest BCUT2D eigenvalue weighted by molar-refractivity contribution is 5.94. The minimum atomic E-state index is -0.413. The van der Waals surface area contributed by atoms with Crippen molar-refractivity contribution >= 4 is 28.5 Å². The van der Waals surface area contributed by atoms with Gasteiger partial charge in [-0.25, -0.2) is 4.39 Å². The molecule has 0 radical (unpaired) electrons. The van der Waals surface area contributed by atoms with Crippen LogP contribution in [0.25, 0.3) is 22.1 Å². The van der Waals surface area contributed by atoms with Crippen molar-refractivity contribution in [1.29, 1.82) is 0 Å². The third kappa shape index (κ3) is 6.63. The van der Waals surface area contributed by atoms with Crippen LogP contribution in [0.2, 0.25) is 0 Å². The van der Waals surface area contributed by atoms with E-state index < -0.39 is 11.8 Å². The zero-order valence-corrected chi connectivity index (χ0v) is 22.1. The number of anilines is 1. The highest BCUT2D eigenvalue weighted by atomic mass is 19.1.